The zero-order valence-electron chi connectivity index (χ0n) is 18.5. The molecule has 31 heavy (non-hydrogen) atoms. The van der Waals surface area contributed by atoms with E-state index in [0.717, 1.165) is 0 Å². The van der Waals surface area contributed by atoms with E-state index in [0.29, 0.717) is 37.4 Å². The third-order valence-corrected chi connectivity index (χ3v) is 3.61. The quantitative estimate of drug-likeness (QED) is 0.329. The molecule has 1 rings (SSSR count). The van der Waals surface area contributed by atoms with E-state index in [4.69, 9.17) is 9.47 Å². The summed E-state index contributed by atoms with van der Waals surface area (Å²) in [6, 6.07) is 5.99. The first-order chi connectivity index (χ1) is 14.6. The van der Waals surface area contributed by atoms with E-state index in [1.165, 1.54) is 6.07 Å². The lowest BCUT2D eigenvalue weighted by Crippen LogP contribution is -2.35. The molecular weight excluding hydrogens is 404 g/mol. The summed E-state index contributed by atoms with van der Waals surface area (Å²) < 4.78 is 9.92. The molecule has 0 atom stereocenters. The highest BCUT2D eigenvalue weighted by atomic mass is 16.6. The molecule has 0 fully saturated rings. The van der Waals surface area contributed by atoms with Crippen LogP contribution >= 0.6 is 0 Å². The molecule has 10 heteroatoms. The highest BCUT2D eigenvalue weighted by Gasteiger charge is 2.15. The molecule has 1 aromatic carbocycles. The maximum atomic E-state index is 12.2. The highest BCUT2D eigenvalue weighted by Crippen LogP contribution is 2.10. The average Bonchev–Trinajstić information content (AvgIpc) is 2.66. The molecular formula is C21H32N4O6. The minimum Gasteiger partial charge on any atom is -0.466 e. The fourth-order valence-electron chi connectivity index (χ4n) is 2.32. The van der Waals surface area contributed by atoms with Crippen molar-refractivity contribution in [3.63, 3.8) is 0 Å². The van der Waals surface area contributed by atoms with Crippen LogP contribution in [0, 0.1) is 0 Å². The Bertz CT molecular complexity index is 760. The Morgan fingerprint density at radius 2 is 1.68 bits per heavy atom. The van der Waals surface area contributed by atoms with Crippen LogP contribution in [-0.4, -0.2) is 55.8 Å². The van der Waals surface area contributed by atoms with Crippen molar-refractivity contribution in [3.05, 3.63) is 29.8 Å². The molecule has 0 spiro atoms. The van der Waals surface area contributed by atoms with Crippen LogP contribution in [0.2, 0.25) is 0 Å². The van der Waals surface area contributed by atoms with E-state index in [1.54, 1.807) is 45.9 Å². The molecule has 10 nitrogen and oxygen atoms in total. The summed E-state index contributed by atoms with van der Waals surface area (Å²) in [5.74, 6) is -0.738. The lowest BCUT2D eigenvalue weighted by atomic mass is 10.2. The summed E-state index contributed by atoms with van der Waals surface area (Å²) in [6.07, 6.45) is 0.104. The van der Waals surface area contributed by atoms with E-state index >= 15 is 0 Å². The number of benzene rings is 1. The Morgan fingerprint density at radius 1 is 0.968 bits per heavy atom. The van der Waals surface area contributed by atoms with Gasteiger partial charge in [0.2, 0.25) is 0 Å². The van der Waals surface area contributed by atoms with Crippen molar-refractivity contribution in [1.82, 2.24) is 16.0 Å². The van der Waals surface area contributed by atoms with E-state index in [1.807, 2.05) is 0 Å². The standard InChI is InChI=1S/C21H32N4O6/c1-5-30-17(26)10-13-22-18(27)15-8-6-9-16(14-15)25-19(28)23-11-7-12-24-20(29)31-21(2,3)4/h6,8-9,14H,5,7,10-13H2,1-4H3,(H,22,27)(H,24,29)(H2,23,25,28). The first kappa shape index (κ1) is 25.7. The molecule has 0 aromatic heterocycles. The number of hydrogen-bond acceptors (Lipinski definition) is 6. The third kappa shape index (κ3) is 12.1. The predicted molar refractivity (Wildman–Crippen MR) is 116 cm³/mol. The van der Waals surface area contributed by atoms with Crippen LogP contribution in [0.5, 0.6) is 0 Å². The molecule has 0 bridgehead atoms. The van der Waals surface area contributed by atoms with Gasteiger partial charge in [-0.2, -0.15) is 0 Å². The lowest BCUT2D eigenvalue weighted by Gasteiger charge is -2.19. The van der Waals surface area contributed by atoms with Crippen LogP contribution < -0.4 is 21.3 Å². The van der Waals surface area contributed by atoms with Gasteiger partial charge < -0.3 is 30.7 Å². The van der Waals surface area contributed by atoms with Crippen molar-refractivity contribution in [2.45, 2.75) is 46.1 Å². The predicted octanol–water partition coefficient (Wildman–Crippen LogP) is 2.41. The Hall–Kier alpha value is -3.30. The van der Waals surface area contributed by atoms with Crippen molar-refractivity contribution >= 4 is 29.7 Å². The number of nitrogens with one attached hydrogen (secondary N) is 4. The van der Waals surface area contributed by atoms with Gasteiger partial charge >= 0.3 is 18.1 Å². The van der Waals surface area contributed by atoms with Crippen molar-refractivity contribution in [3.8, 4) is 0 Å². The molecule has 4 amide bonds. The normalized spacial score (nSPS) is 10.6. The zero-order valence-corrected chi connectivity index (χ0v) is 18.5. The zero-order chi connectivity index (χ0) is 23.3. The number of alkyl carbamates (subject to hydrolysis) is 1. The number of esters is 1. The molecule has 0 aliphatic carbocycles. The highest BCUT2D eigenvalue weighted by molar-refractivity contribution is 5.97. The molecule has 0 unspecified atom stereocenters. The van der Waals surface area contributed by atoms with Gasteiger partial charge in [0.1, 0.15) is 5.60 Å². The second-order valence-corrected chi connectivity index (χ2v) is 7.55. The van der Waals surface area contributed by atoms with Gasteiger partial charge in [-0.1, -0.05) is 6.07 Å². The first-order valence-electron chi connectivity index (χ1n) is 10.2. The second-order valence-electron chi connectivity index (χ2n) is 7.55. The average molecular weight is 437 g/mol. The number of ether oxygens (including phenoxy) is 2. The number of urea groups is 1. The number of carbonyl (C=O) groups is 4. The number of amides is 4. The molecule has 0 saturated carbocycles. The van der Waals surface area contributed by atoms with Gasteiger partial charge in [0, 0.05) is 30.9 Å². The topological polar surface area (TPSA) is 135 Å². The lowest BCUT2D eigenvalue weighted by molar-refractivity contribution is -0.142. The molecule has 1 aromatic rings. The maximum Gasteiger partial charge on any atom is 0.407 e. The molecule has 0 aliphatic heterocycles. The Balaban J connectivity index is 2.33. The summed E-state index contributed by atoms with van der Waals surface area (Å²) in [6.45, 7) is 8.20. The monoisotopic (exact) mass is 436 g/mol. The van der Waals surface area contributed by atoms with Crippen LogP contribution in [0.3, 0.4) is 0 Å². The molecule has 0 heterocycles. The Kier molecular flexibility index (Phi) is 10.9. The van der Waals surface area contributed by atoms with Gasteiger partial charge in [0.15, 0.2) is 0 Å². The van der Waals surface area contributed by atoms with Gasteiger partial charge in [-0.05, 0) is 52.3 Å². The molecule has 0 aliphatic rings. The minimum absolute atomic E-state index is 0.0860. The molecule has 4 N–H and O–H groups in total. The van der Waals surface area contributed by atoms with Crippen LogP contribution in [0.4, 0.5) is 15.3 Å². The maximum absolute atomic E-state index is 12.2. The Morgan fingerprint density at radius 3 is 2.35 bits per heavy atom. The fraction of sp³-hybridized carbons (Fsp3) is 0.524. The SMILES string of the molecule is CCOC(=O)CCNC(=O)c1cccc(NC(=O)NCCCNC(=O)OC(C)(C)C)c1. The van der Waals surface area contributed by atoms with Crippen molar-refractivity contribution < 1.29 is 28.7 Å². The third-order valence-electron chi connectivity index (χ3n) is 3.61. The summed E-state index contributed by atoms with van der Waals surface area (Å²) in [4.78, 5) is 47.0. The second kappa shape index (κ2) is 13.1. The van der Waals surface area contributed by atoms with Gasteiger partial charge in [-0.15, -0.1) is 0 Å². The van der Waals surface area contributed by atoms with Crippen LogP contribution in [0.1, 0.15) is 50.9 Å². The van der Waals surface area contributed by atoms with Gasteiger partial charge in [0.25, 0.3) is 5.91 Å². The van der Waals surface area contributed by atoms with Gasteiger partial charge in [-0.3, -0.25) is 9.59 Å². The van der Waals surface area contributed by atoms with Crippen molar-refractivity contribution in [2.75, 3.05) is 31.6 Å². The van der Waals surface area contributed by atoms with E-state index in [-0.39, 0.29) is 24.8 Å². The van der Waals surface area contributed by atoms with Crippen molar-refractivity contribution in [2.24, 2.45) is 0 Å². The van der Waals surface area contributed by atoms with E-state index in [2.05, 4.69) is 21.3 Å². The van der Waals surface area contributed by atoms with Crippen LogP contribution in [0.15, 0.2) is 24.3 Å². The van der Waals surface area contributed by atoms with Crippen molar-refractivity contribution in [1.29, 1.82) is 0 Å². The van der Waals surface area contributed by atoms with E-state index < -0.39 is 17.7 Å². The smallest absolute Gasteiger partial charge is 0.407 e. The van der Waals surface area contributed by atoms with Crippen LogP contribution in [0.25, 0.3) is 0 Å². The first-order valence-corrected chi connectivity index (χ1v) is 10.2. The van der Waals surface area contributed by atoms with Crippen LogP contribution in [-0.2, 0) is 14.3 Å². The summed E-state index contributed by atoms with van der Waals surface area (Å²) >= 11 is 0. The largest absolute Gasteiger partial charge is 0.466 e. The number of rotatable bonds is 10. The summed E-state index contributed by atoms with van der Waals surface area (Å²) in [5.41, 5.74) is 0.236. The fourth-order valence-corrected chi connectivity index (χ4v) is 2.32. The summed E-state index contributed by atoms with van der Waals surface area (Å²) in [5, 5.41) is 10.5. The number of carbonyl (C=O) groups excluding carboxylic acids is 4. The minimum atomic E-state index is -0.561. The Labute approximate surface area is 182 Å². The van der Waals surface area contributed by atoms with Gasteiger partial charge in [0.05, 0.1) is 13.0 Å². The molecule has 0 saturated heterocycles. The number of hydrogen-bond donors (Lipinski definition) is 4. The van der Waals surface area contributed by atoms with Gasteiger partial charge in [-0.25, -0.2) is 9.59 Å². The molecule has 0 radical (unpaired) electrons. The van der Waals surface area contributed by atoms with E-state index in [9.17, 15) is 19.2 Å². The number of anilines is 1. The summed E-state index contributed by atoms with van der Waals surface area (Å²) in [7, 11) is 0. The molecule has 172 valence electrons.